The molecule has 2 heteroatoms. The maximum Gasteiger partial charge on any atom is 0.0794 e. The summed E-state index contributed by atoms with van der Waals surface area (Å²) in [7, 11) is 0. The largest absolute Gasteiger partial charge is 0.250 e. The zero-order valence-corrected chi connectivity index (χ0v) is 11.7. The van der Waals surface area contributed by atoms with Crippen LogP contribution in [-0.2, 0) is 6.42 Å². The van der Waals surface area contributed by atoms with E-state index in [4.69, 9.17) is 0 Å². The maximum absolute atomic E-state index is 4.30. The number of hydrogen-bond acceptors (Lipinski definition) is 2. The second kappa shape index (κ2) is 10.4. The SMILES string of the molecule is CC#CCCCCCCCCCc1cscn1. The van der Waals surface area contributed by atoms with Crippen LogP contribution >= 0.6 is 11.3 Å². The van der Waals surface area contributed by atoms with E-state index < -0.39 is 0 Å². The second-order valence-electron chi connectivity index (χ2n) is 4.38. The minimum Gasteiger partial charge on any atom is -0.250 e. The predicted molar refractivity (Wildman–Crippen MR) is 76.2 cm³/mol. The van der Waals surface area contributed by atoms with Crippen molar-refractivity contribution in [1.29, 1.82) is 0 Å². The van der Waals surface area contributed by atoms with Crippen LogP contribution in [0, 0.1) is 11.8 Å². The summed E-state index contributed by atoms with van der Waals surface area (Å²) in [6, 6.07) is 0. The van der Waals surface area contributed by atoms with Crippen molar-refractivity contribution in [3.63, 3.8) is 0 Å². The second-order valence-corrected chi connectivity index (χ2v) is 5.10. The van der Waals surface area contributed by atoms with Gasteiger partial charge < -0.3 is 0 Å². The van der Waals surface area contributed by atoms with Crippen LogP contribution in [0.5, 0.6) is 0 Å². The Hall–Kier alpha value is -0.810. The number of rotatable bonds is 9. The lowest BCUT2D eigenvalue weighted by Crippen LogP contribution is -1.86. The lowest BCUT2D eigenvalue weighted by atomic mass is 10.1. The third-order valence-corrected chi connectivity index (χ3v) is 3.53. The molecule has 0 saturated carbocycles. The average molecular weight is 249 g/mol. The minimum absolute atomic E-state index is 1.08. The fourth-order valence-corrected chi connectivity index (χ4v) is 2.48. The standard InChI is InChI=1S/C15H23NS/c1-2-3-4-5-6-7-8-9-10-11-12-15-13-17-14-16-15/h13-14H,4-12H2,1H3. The molecule has 17 heavy (non-hydrogen) atoms. The van der Waals surface area contributed by atoms with Crippen LogP contribution in [0.1, 0.15) is 64.0 Å². The first kappa shape index (κ1) is 14.3. The van der Waals surface area contributed by atoms with Crippen molar-refractivity contribution in [3.05, 3.63) is 16.6 Å². The molecule has 0 fully saturated rings. The van der Waals surface area contributed by atoms with Gasteiger partial charge in [0.25, 0.3) is 0 Å². The molecule has 0 spiro atoms. The van der Waals surface area contributed by atoms with Gasteiger partial charge in [-0.1, -0.05) is 32.1 Å². The molecule has 0 aromatic carbocycles. The van der Waals surface area contributed by atoms with Crippen molar-refractivity contribution >= 4 is 11.3 Å². The Morgan fingerprint density at radius 3 is 2.41 bits per heavy atom. The van der Waals surface area contributed by atoms with Crippen LogP contribution in [0.2, 0.25) is 0 Å². The van der Waals surface area contributed by atoms with Gasteiger partial charge in [0.2, 0.25) is 0 Å². The third-order valence-electron chi connectivity index (χ3n) is 2.89. The molecule has 94 valence electrons. The van der Waals surface area contributed by atoms with Gasteiger partial charge in [-0.25, -0.2) is 4.98 Å². The molecule has 1 rings (SSSR count). The molecule has 0 aliphatic carbocycles. The number of nitrogens with zero attached hydrogens (tertiary/aromatic N) is 1. The van der Waals surface area contributed by atoms with Crippen molar-refractivity contribution in [2.24, 2.45) is 0 Å². The van der Waals surface area contributed by atoms with E-state index in [9.17, 15) is 0 Å². The highest BCUT2D eigenvalue weighted by Crippen LogP contribution is 2.11. The van der Waals surface area contributed by atoms with Crippen molar-refractivity contribution in [1.82, 2.24) is 4.98 Å². The smallest absolute Gasteiger partial charge is 0.0794 e. The van der Waals surface area contributed by atoms with Gasteiger partial charge in [-0.05, 0) is 26.2 Å². The zero-order valence-electron chi connectivity index (χ0n) is 10.9. The molecule has 0 aliphatic rings. The summed E-state index contributed by atoms with van der Waals surface area (Å²) in [5.74, 6) is 6.06. The lowest BCUT2D eigenvalue weighted by Gasteiger charge is -2.00. The summed E-state index contributed by atoms with van der Waals surface area (Å²) in [4.78, 5) is 4.30. The normalized spacial score (nSPS) is 9.94. The van der Waals surface area contributed by atoms with Gasteiger partial charge in [0.05, 0.1) is 11.2 Å². The maximum atomic E-state index is 4.30. The predicted octanol–water partition coefficient (Wildman–Crippen LogP) is 4.83. The summed E-state index contributed by atoms with van der Waals surface area (Å²) in [5.41, 5.74) is 3.20. The molecular weight excluding hydrogens is 226 g/mol. The summed E-state index contributed by atoms with van der Waals surface area (Å²) < 4.78 is 0. The van der Waals surface area contributed by atoms with E-state index in [1.165, 1.54) is 50.6 Å². The Balaban J connectivity index is 1.79. The molecule has 0 aliphatic heterocycles. The Bertz CT molecular complexity index is 318. The highest BCUT2D eigenvalue weighted by molar-refractivity contribution is 7.07. The van der Waals surface area contributed by atoms with E-state index in [2.05, 4.69) is 22.2 Å². The zero-order chi connectivity index (χ0) is 12.2. The summed E-state index contributed by atoms with van der Waals surface area (Å²) in [6.07, 6.45) is 11.7. The van der Waals surface area contributed by atoms with E-state index in [1.807, 2.05) is 12.4 Å². The van der Waals surface area contributed by atoms with Crippen molar-refractivity contribution < 1.29 is 0 Å². The van der Waals surface area contributed by atoms with Gasteiger partial charge in [0.1, 0.15) is 0 Å². The van der Waals surface area contributed by atoms with Gasteiger partial charge >= 0.3 is 0 Å². The molecule has 1 heterocycles. The summed E-state index contributed by atoms with van der Waals surface area (Å²) in [5, 5.41) is 2.16. The Morgan fingerprint density at radius 2 is 1.76 bits per heavy atom. The molecule has 0 bridgehead atoms. The fraction of sp³-hybridized carbons (Fsp3) is 0.667. The van der Waals surface area contributed by atoms with Crippen LogP contribution in [0.15, 0.2) is 10.9 Å². The molecule has 1 nitrogen and oxygen atoms in total. The Morgan fingerprint density at radius 1 is 1.06 bits per heavy atom. The highest BCUT2D eigenvalue weighted by atomic mass is 32.1. The van der Waals surface area contributed by atoms with Crippen LogP contribution in [-0.4, -0.2) is 4.98 Å². The first-order valence-corrected chi connectivity index (χ1v) is 7.64. The van der Waals surface area contributed by atoms with Gasteiger partial charge in [-0.2, -0.15) is 0 Å². The van der Waals surface area contributed by atoms with Gasteiger partial charge in [0, 0.05) is 11.8 Å². The fourth-order valence-electron chi connectivity index (χ4n) is 1.89. The summed E-state index contributed by atoms with van der Waals surface area (Å²) in [6.45, 7) is 1.92. The molecule has 0 atom stereocenters. The minimum atomic E-state index is 1.08. The number of hydrogen-bond donors (Lipinski definition) is 0. The third kappa shape index (κ3) is 7.99. The Labute approximate surface area is 110 Å². The van der Waals surface area contributed by atoms with Gasteiger partial charge in [-0.15, -0.1) is 23.2 Å². The van der Waals surface area contributed by atoms with E-state index in [0.717, 1.165) is 12.8 Å². The van der Waals surface area contributed by atoms with Crippen LogP contribution < -0.4 is 0 Å². The van der Waals surface area contributed by atoms with Crippen LogP contribution in [0.4, 0.5) is 0 Å². The van der Waals surface area contributed by atoms with Crippen molar-refractivity contribution in [2.75, 3.05) is 0 Å². The average Bonchev–Trinajstić information content (AvgIpc) is 2.85. The monoisotopic (exact) mass is 249 g/mol. The topological polar surface area (TPSA) is 12.9 Å². The van der Waals surface area contributed by atoms with E-state index in [1.54, 1.807) is 11.3 Å². The number of thiazole rings is 1. The van der Waals surface area contributed by atoms with E-state index >= 15 is 0 Å². The van der Waals surface area contributed by atoms with E-state index in [-0.39, 0.29) is 0 Å². The summed E-state index contributed by atoms with van der Waals surface area (Å²) >= 11 is 1.70. The molecule has 0 N–H and O–H groups in total. The molecule has 0 radical (unpaired) electrons. The molecule has 0 amide bonds. The van der Waals surface area contributed by atoms with Crippen molar-refractivity contribution in [3.8, 4) is 11.8 Å². The number of aryl methyl sites for hydroxylation is 1. The number of aromatic nitrogens is 1. The molecule has 0 unspecified atom stereocenters. The molecule has 1 aromatic rings. The van der Waals surface area contributed by atoms with Gasteiger partial charge in [-0.3, -0.25) is 0 Å². The molecule has 1 aromatic heterocycles. The van der Waals surface area contributed by atoms with Crippen LogP contribution in [0.25, 0.3) is 0 Å². The van der Waals surface area contributed by atoms with Gasteiger partial charge in [0.15, 0.2) is 0 Å². The molecular formula is C15H23NS. The van der Waals surface area contributed by atoms with E-state index in [0.29, 0.717) is 0 Å². The molecule has 0 saturated heterocycles. The van der Waals surface area contributed by atoms with Crippen molar-refractivity contribution in [2.45, 2.75) is 64.7 Å². The van der Waals surface area contributed by atoms with Crippen LogP contribution in [0.3, 0.4) is 0 Å². The first-order chi connectivity index (χ1) is 8.43. The lowest BCUT2D eigenvalue weighted by molar-refractivity contribution is 0.581. The first-order valence-electron chi connectivity index (χ1n) is 6.70. The highest BCUT2D eigenvalue weighted by Gasteiger charge is 1.95. The quantitative estimate of drug-likeness (QED) is 0.451. The Kier molecular flexibility index (Phi) is 8.68. The number of unbranched alkanes of at least 4 members (excludes halogenated alkanes) is 7.